The average Bonchev–Trinajstić information content (AvgIpc) is 3.15. The summed E-state index contributed by atoms with van der Waals surface area (Å²) in [6.07, 6.45) is 0. The van der Waals surface area contributed by atoms with Gasteiger partial charge in [-0.3, -0.25) is 9.59 Å². The van der Waals surface area contributed by atoms with Crippen LogP contribution in [0.5, 0.6) is 0 Å². The Morgan fingerprint density at radius 3 is 2.48 bits per heavy atom. The normalized spacial score (nSPS) is 11.7. The Hall–Kier alpha value is -3.55. The van der Waals surface area contributed by atoms with Crippen molar-refractivity contribution in [3.63, 3.8) is 0 Å². The smallest absolute Gasteiger partial charge is 0.248 e. The van der Waals surface area contributed by atoms with Gasteiger partial charge in [0.25, 0.3) is 0 Å². The van der Waals surface area contributed by atoms with E-state index >= 15 is 0 Å². The van der Waals surface area contributed by atoms with Gasteiger partial charge >= 0.3 is 0 Å². The van der Waals surface area contributed by atoms with Crippen LogP contribution in [-0.2, 0) is 11.3 Å². The molecular weight excluding hydrogens is 344 g/mol. The molecule has 2 aromatic carbocycles. The van der Waals surface area contributed by atoms with E-state index in [0.717, 1.165) is 0 Å². The van der Waals surface area contributed by atoms with E-state index in [4.69, 9.17) is 5.73 Å². The van der Waals surface area contributed by atoms with Crippen LogP contribution in [0.25, 0.3) is 11.4 Å². The first-order chi connectivity index (χ1) is 13.0. The van der Waals surface area contributed by atoms with Crippen LogP contribution in [0.1, 0.15) is 28.8 Å². The van der Waals surface area contributed by atoms with Crippen LogP contribution in [0.2, 0.25) is 0 Å². The highest BCUT2D eigenvalue weighted by atomic mass is 16.2. The number of hydrogen-bond acceptors (Lipinski definition) is 5. The first kappa shape index (κ1) is 18.2. The molecule has 0 saturated carbocycles. The third-order valence-electron chi connectivity index (χ3n) is 4.14. The van der Waals surface area contributed by atoms with Crippen molar-refractivity contribution >= 4 is 11.8 Å². The third kappa shape index (κ3) is 4.75. The van der Waals surface area contributed by atoms with Crippen molar-refractivity contribution in [3.05, 3.63) is 65.7 Å². The molecule has 0 unspecified atom stereocenters. The summed E-state index contributed by atoms with van der Waals surface area (Å²) in [5.74, 6) is -0.111. The maximum atomic E-state index is 12.1. The van der Waals surface area contributed by atoms with Gasteiger partial charge in [0.1, 0.15) is 6.54 Å². The van der Waals surface area contributed by atoms with E-state index in [2.05, 4.69) is 27.7 Å². The highest BCUT2D eigenvalue weighted by molar-refractivity contribution is 5.93. The van der Waals surface area contributed by atoms with Gasteiger partial charge in [0.15, 0.2) is 0 Å². The zero-order valence-corrected chi connectivity index (χ0v) is 14.9. The molecule has 0 aliphatic heterocycles. The summed E-state index contributed by atoms with van der Waals surface area (Å²) >= 11 is 0. The Labute approximate surface area is 156 Å². The van der Waals surface area contributed by atoms with Crippen LogP contribution < -0.4 is 11.1 Å². The topological polar surface area (TPSA) is 116 Å². The zero-order valence-electron chi connectivity index (χ0n) is 14.9. The number of rotatable bonds is 7. The number of amides is 2. The van der Waals surface area contributed by atoms with Crippen LogP contribution in [0, 0.1) is 0 Å². The zero-order chi connectivity index (χ0) is 19.2. The number of benzene rings is 2. The Balaban J connectivity index is 1.55. The second kappa shape index (κ2) is 8.22. The van der Waals surface area contributed by atoms with E-state index in [1.165, 1.54) is 10.4 Å². The van der Waals surface area contributed by atoms with Crippen LogP contribution in [0.3, 0.4) is 0 Å². The SMILES string of the molecule is C[C@@H](CNC(=O)Cn1nnc(-c2ccc(C(N)=O)cc2)n1)c1ccccc1. The Kier molecular flexibility index (Phi) is 5.55. The van der Waals surface area contributed by atoms with Gasteiger partial charge < -0.3 is 11.1 Å². The monoisotopic (exact) mass is 364 g/mol. The number of carbonyl (C=O) groups is 2. The number of nitrogens with one attached hydrogen (secondary N) is 1. The second-order valence-corrected chi connectivity index (χ2v) is 6.20. The van der Waals surface area contributed by atoms with Crippen molar-refractivity contribution in [2.75, 3.05) is 6.54 Å². The fraction of sp³-hybridized carbons (Fsp3) is 0.211. The number of carbonyl (C=O) groups excluding carboxylic acids is 2. The number of aromatic nitrogens is 4. The molecule has 138 valence electrons. The minimum Gasteiger partial charge on any atom is -0.366 e. The van der Waals surface area contributed by atoms with Crippen LogP contribution in [0.15, 0.2) is 54.6 Å². The highest BCUT2D eigenvalue weighted by Crippen LogP contribution is 2.15. The van der Waals surface area contributed by atoms with Gasteiger partial charge in [0.05, 0.1) is 0 Å². The second-order valence-electron chi connectivity index (χ2n) is 6.20. The van der Waals surface area contributed by atoms with Crippen molar-refractivity contribution in [1.29, 1.82) is 0 Å². The van der Waals surface area contributed by atoms with Crippen molar-refractivity contribution in [1.82, 2.24) is 25.5 Å². The predicted molar refractivity (Wildman–Crippen MR) is 99.6 cm³/mol. The number of nitrogens with zero attached hydrogens (tertiary/aromatic N) is 4. The van der Waals surface area contributed by atoms with Crippen LogP contribution in [0.4, 0.5) is 0 Å². The molecule has 1 aromatic heterocycles. The van der Waals surface area contributed by atoms with E-state index in [1.807, 2.05) is 30.3 Å². The number of hydrogen-bond donors (Lipinski definition) is 2. The highest BCUT2D eigenvalue weighted by Gasteiger charge is 2.11. The first-order valence-corrected chi connectivity index (χ1v) is 8.52. The summed E-state index contributed by atoms with van der Waals surface area (Å²) in [5, 5.41) is 14.9. The van der Waals surface area contributed by atoms with Crippen molar-refractivity contribution < 1.29 is 9.59 Å². The van der Waals surface area contributed by atoms with Gasteiger partial charge in [-0.15, -0.1) is 10.2 Å². The average molecular weight is 364 g/mol. The van der Waals surface area contributed by atoms with E-state index in [9.17, 15) is 9.59 Å². The molecule has 0 aliphatic carbocycles. The minimum atomic E-state index is -0.500. The molecule has 0 fully saturated rings. The van der Waals surface area contributed by atoms with Crippen molar-refractivity contribution in [2.45, 2.75) is 19.4 Å². The molecule has 0 radical (unpaired) electrons. The molecule has 0 spiro atoms. The minimum absolute atomic E-state index is 0.0200. The van der Waals surface area contributed by atoms with Gasteiger partial charge in [0, 0.05) is 17.7 Å². The Bertz CT molecular complexity index is 921. The summed E-state index contributed by atoms with van der Waals surface area (Å²) in [7, 11) is 0. The molecule has 3 rings (SSSR count). The molecule has 0 bridgehead atoms. The standard InChI is InChI=1S/C19H20N6O2/c1-13(14-5-3-2-4-6-14)11-21-17(26)12-25-23-19(22-24-25)16-9-7-15(8-10-16)18(20)27/h2-10,13H,11-12H2,1H3,(H2,20,27)(H,21,26)/t13-/m0/s1. The summed E-state index contributed by atoms with van der Waals surface area (Å²) in [5.41, 5.74) is 7.47. The van der Waals surface area contributed by atoms with Gasteiger partial charge in [-0.2, -0.15) is 4.80 Å². The quantitative estimate of drug-likeness (QED) is 0.657. The van der Waals surface area contributed by atoms with Crippen molar-refractivity contribution in [2.24, 2.45) is 5.73 Å². The molecule has 2 amide bonds. The Morgan fingerprint density at radius 1 is 1.11 bits per heavy atom. The summed E-state index contributed by atoms with van der Waals surface area (Å²) in [4.78, 5) is 24.5. The molecule has 27 heavy (non-hydrogen) atoms. The summed E-state index contributed by atoms with van der Waals surface area (Å²) in [6.45, 7) is 2.56. The lowest BCUT2D eigenvalue weighted by Gasteiger charge is -2.12. The molecule has 3 aromatic rings. The summed E-state index contributed by atoms with van der Waals surface area (Å²) < 4.78 is 0. The lowest BCUT2D eigenvalue weighted by Crippen LogP contribution is -2.31. The molecule has 8 nitrogen and oxygen atoms in total. The molecule has 1 heterocycles. The number of tetrazole rings is 1. The number of primary amides is 1. The fourth-order valence-corrected chi connectivity index (χ4v) is 2.56. The molecule has 0 saturated heterocycles. The molecular formula is C19H20N6O2. The van der Waals surface area contributed by atoms with Gasteiger partial charge in [0.2, 0.25) is 17.6 Å². The molecule has 1 atom stereocenters. The van der Waals surface area contributed by atoms with Crippen molar-refractivity contribution in [3.8, 4) is 11.4 Å². The van der Waals surface area contributed by atoms with Crippen LogP contribution >= 0.6 is 0 Å². The third-order valence-corrected chi connectivity index (χ3v) is 4.14. The lowest BCUT2D eigenvalue weighted by atomic mass is 10.0. The van der Waals surface area contributed by atoms with E-state index < -0.39 is 5.91 Å². The maximum absolute atomic E-state index is 12.1. The molecule has 3 N–H and O–H groups in total. The maximum Gasteiger partial charge on any atom is 0.248 e. The van der Waals surface area contributed by atoms with Gasteiger partial charge in [-0.25, -0.2) is 0 Å². The fourth-order valence-electron chi connectivity index (χ4n) is 2.56. The lowest BCUT2D eigenvalue weighted by molar-refractivity contribution is -0.122. The van der Waals surface area contributed by atoms with Gasteiger partial charge in [-0.05, 0) is 28.8 Å². The predicted octanol–water partition coefficient (Wildman–Crippen LogP) is 1.36. The van der Waals surface area contributed by atoms with E-state index in [1.54, 1.807) is 24.3 Å². The van der Waals surface area contributed by atoms with Gasteiger partial charge in [-0.1, -0.05) is 49.4 Å². The largest absolute Gasteiger partial charge is 0.366 e. The number of nitrogens with two attached hydrogens (primary N) is 1. The van der Waals surface area contributed by atoms with E-state index in [-0.39, 0.29) is 18.4 Å². The molecule has 8 heteroatoms. The van der Waals surface area contributed by atoms with E-state index in [0.29, 0.717) is 23.5 Å². The summed E-state index contributed by atoms with van der Waals surface area (Å²) in [6, 6.07) is 16.5. The van der Waals surface area contributed by atoms with Crippen LogP contribution in [-0.4, -0.2) is 38.6 Å². The Morgan fingerprint density at radius 2 is 1.81 bits per heavy atom. The first-order valence-electron chi connectivity index (χ1n) is 8.52. The molecule has 0 aliphatic rings.